The number of hydrogen-bond donors (Lipinski definition) is 0. The highest BCUT2D eigenvalue weighted by Gasteiger charge is 2.35. The standard InChI is InChI=1S/C25H19BrN2O8S2/c1-15-6-8-16(9-7-15)14-27-24(29)22(37-25(27)30)12-17-10-20(26)23(21(11-17)35-2)36-38(33,34)19-5-3-4-18(13-19)28(31)32/h3-13H,14H2,1-2H3/b22-12-. The number of rotatable bonds is 8. The number of nitro benzene ring substituents is 1. The minimum absolute atomic E-state index is 0.0125. The van der Waals surface area contributed by atoms with Gasteiger partial charge in [0.2, 0.25) is 0 Å². The van der Waals surface area contributed by atoms with Crippen molar-refractivity contribution < 1.29 is 31.9 Å². The highest BCUT2D eigenvalue weighted by atomic mass is 79.9. The number of amides is 2. The molecule has 1 fully saturated rings. The molecule has 1 heterocycles. The number of hydrogen-bond acceptors (Lipinski definition) is 9. The number of benzene rings is 3. The van der Waals surface area contributed by atoms with Crippen molar-refractivity contribution in [1.29, 1.82) is 0 Å². The zero-order valence-corrected chi connectivity index (χ0v) is 23.1. The van der Waals surface area contributed by atoms with Crippen LogP contribution in [0, 0.1) is 17.0 Å². The molecule has 1 aliphatic heterocycles. The van der Waals surface area contributed by atoms with Crippen LogP contribution in [0.4, 0.5) is 10.5 Å². The van der Waals surface area contributed by atoms with E-state index in [4.69, 9.17) is 8.92 Å². The third kappa shape index (κ3) is 5.90. The van der Waals surface area contributed by atoms with Gasteiger partial charge in [0, 0.05) is 12.1 Å². The molecule has 0 aliphatic carbocycles. The van der Waals surface area contributed by atoms with Crippen LogP contribution >= 0.6 is 27.7 Å². The second-order valence-electron chi connectivity index (χ2n) is 8.08. The summed E-state index contributed by atoms with van der Waals surface area (Å²) >= 11 is 4.06. The summed E-state index contributed by atoms with van der Waals surface area (Å²) in [4.78, 5) is 36.7. The maximum Gasteiger partial charge on any atom is 0.339 e. The molecule has 3 aromatic rings. The molecule has 10 nitrogen and oxygen atoms in total. The zero-order chi connectivity index (χ0) is 27.6. The Hall–Kier alpha value is -3.68. The molecule has 0 saturated carbocycles. The number of imide groups is 1. The van der Waals surface area contributed by atoms with Crippen molar-refractivity contribution in [2.24, 2.45) is 0 Å². The van der Waals surface area contributed by atoms with Gasteiger partial charge in [0.15, 0.2) is 11.5 Å². The number of methoxy groups -OCH3 is 1. The molecule has 0 N–H and O–H groups in total. The predicted molar refractivity (Wildman–Crippen MR) is 144 cm³/mol. The lowest BCUT2D eigenvalue weighted by atomic mass is 10.1. The molecule has 196 valence electrons. The molecule has 0 spiro atoms. The van der Waals surface area contributed by atoms with Crippen molar-refractivity contribution in [2.45, 2.75) is 18.4 Å². The molecule has 0 radical (unpaired) electrons. The van der Waals surface area contributed by atoms with Crippen LogP contribution in [0.1, 0.15) is 16.7 Å². The van der Waals surface area contributed by atoms with Crippen LogP contribution in [-0.2, 0) is 21.5 Å². The molecular weight excluding hydrogens is 600 g/mol. The van der Waals surface area contributed by atoms with E-state index in [2.05, 4.69) is 15.9 Å². The number of nitrogens with zero attached hydrogens (tertiary/aromatic N) is 2. The first-order chi connectivity index (χ1) is 18.0. The fraction of sp³-hybridized carbons (Fsp3) is 0.120. The summed E-state index contributed by atoms with van der Waals surface area (Å²) in [6.07, 6.45) is 1.49. The second-order valence-corrected chi connectivity index (χ2v) is 11.5. The van der Waals surface area contributed by atoms with Gasteiger partial charge < -0.3 is 8.92 Å². The van der Waals surface area contributed by atoms with E-state index in [0.717, 1.165) is 39.9 Å². The van der Waals surface area contributed by atoms with E-state index < -0.39 is 36.8 Å². The molecule has 4 rings (SSSR count). The average molecular weight is 619 g/mol. The molecule has 0 bridgehead atoms. The number of non-ortho nitro benzene ring substituents is 1. The molecule has 1 saturated heterocycles. The Kier molecular flexibility index (Phi) is 7.90. The van der Waals surface area contributed by atoms with Gasteiger partial charge in [-0.2, -0.15) is 8.42 Å². The highest BCUT2D eigenvalue weighted by Crippen LogP contribution is 2.40. The van der Waals surface area contributed by atoms with Gasteiger partial charge in [0.25, 0.3) is 16.8 Å². The first kappa shape index (κ1) is 27.4. The lowest BCUT2D eigenvalue weighted by Gasteiger charge is -2.14. The van der Waals surface area contributed by atoms with Crippen molar-refractivity contribution >= 4 is 60.7 Å². The molecule has 38 heavy (non-hydrogen) atoms. The van der Waals surface area contributed by atoms with E-state index in [1.807, 2.05) is 31.2 Å². The normalized spacial score (nSPS) is 14.7. The predicted octanol–water partition coefficient (Wildman–Crippen LogP) is 5.68. The molecule has 1 aliphatic rings. The Labute approximate surface area is 230 Å². The first-order valence-electron chi connectivity index (χ1n) is 10.9. The Morgan fingerprint density at radius 3 is 2.47 bits per heavy atom. The molecular formula is C25H19BrN2O8S2. The second kappa shape index (κ2) is 11.0. The summed E-state index contributed by atoms with van der Waals surface area (Å²) in [5, 5.41) is 10.6. The lowest BCUT2D eigenvalue weighted by Crippen LogP contribution is -2.27. The van der Waals surface area contributed by atoms with Gasteiger partial charge >= 0.3 is 10.1 Å². The van der Waals surface area contributed by atoms with Gasteiger partial charge in [0.1, 0.15) is 4.90 Å². The van der Waals surface area contributed by atoms with Gasteiger partial charge in [0.05, 0.1) is 28.0 Å². The van der Waals surface area contributed by atoms with Crippen LogP contribution in [0.25, 0.3) is 6.08 Å². The van der Waals surface area contributed by atoms with Crippen LogP contribution in [0.3, 0.4) is 0 Å². The minimum atomic E-state index is -4.45. The first-order valence-corrected chi connectivity index (χ1v) is 13.9. The van der Waals surface area contributed by atoms with Crippen LogP contribution in [0.5, 0.6) is 11.5 Å². The molecule has 0 aromatic heterocycles. The van der Waals surface area contributed by atoms with E-state index in [1.54, 1.807) is 0 Å². The minimum Gasteiger partial charge on any atom is -0.493 e. The summed E-state index contributed by atoms with van der Waals surface area (Å²) in [6, 6.07) is 14.9. The highest BCUT2D eigenvalue weighted by molar-refractivity contribution is 9.10. The molecule has 0 atom stereocenters. The van der Waals surface area contributed by atoms with Crippen molar-refractivity contribution in [3.8, 4) is 11.5 Å². The van der Waals surface area contributed by atoms with Crippen molar-refractivity contribution in [3.05, 3.63) is 96.8 Å². The van der Waals surface area contributed by atoms with Crippen LogP contribution in [0.15, 0.2) is 74.9 Å². The number of ether oxygens (including phenoxy) is 1. The Bertz CT molecular complexity index is 1590. The summed E-state index contributed by atoms with van der Waals surface area (Å²) in [7, 11) is -3.16. The number of thioether (sulfide) groups is 1. The molecule has 13 heteroatoms. The van der Waals surface area contributed by atoms with Gasteiger partial charge in [-0.25, -0.2) is 0 Å². The largest absolute Gasteiger partial charge is 0.493 e. The van der Waals surface area contributed by atoms with Gasteiger partial charge in [-0.15, -0.1) is 0 Å². The summed E-state index contributed by atoms with van der Waals surface area (Å²) in [5.74, 6) is -0.633. The van der Waals surface area contributed by atoms with Crippen molar-refractivity contribution in [2.75, 3.05) is 7.11 Å². The monoisotopic (exact) mass is 618 g/mol. The molecule has 2 amide bonds. The smallest absolute Gasteiger partial charge is 0.339 e. The van der Waals surface area contributed by atoms with Crippen molar-refractivity contribution in [1.82, 2.24) is 4.90 Å². The van der Waals surface area contributed by atoms with E-state index >= 15 is 0 Å². The maximum atomic E-state index is 12.9. The SMILES string of the molecule is COc1cc(/C=C2\SC(=O)N(Cc3ccc(C)cc3)C2=O)cc(Br)c1OS(=O)(=O)c1cccc([N+](=O)[O-])c1. The van der Waals surface area contributed by atoms with E-state index in [1.165, 1.54) is 37.5 Å². The van der Waals surface area contributed by atoms with Gasteiger partial charge in [-0.1, -0.05) is 35.9 Å². The third-order valence-corrected chi connectivity index (χ3v) is 8.11. The number of nitro groups is 1. The Morgan fingerprint density at radius 2 is 1.82 bits per heavy atom. The quantitative estimate of drug-likeness (QED) is 0.135. The van der Waals surface area contributed by atoms with E-state index in [0.29, 0.717) is 5.56 Å². The summed E-state index contributed by atoms with van der Waals surface area (Å²) in [6.45, 7) is 2.08. The zero-order valence-electron chi connectivity index (χ0n) is 19.9. The number of carbonyl (C=O) groups is 2. The van der Waals surface area contributed by atoms with E-state index in [-0.39, 0.29) is 27.4 Å². The lowest BCUT2D eigenvalue weighted by molar-refractivity contribution is -0.385. The number of carbonyl (C=O) groups excluding carboxylic acids is 2. The fourth-order valence-corrected chi connectivity index (χ4v) is 5.96. The molecule has 3 aromatic carbocycles. The van der Waals surface area contributed by atoms with Crippen LogP contribution in [0.2, 0.25) is 0 Å². The summed E-state index contributed by atoms with van der Waals surface area (Å²) in [5.41, 5.74) is 1.91. The van der Waals surface area contributed by atoms with Gasteiger partial charge in [-0.3, -0.25) is 24.6 Å². The van der Waals surface area contributed by atoms with E-state index in [9.17, 15) is 28.1 Å². The number of halogens is 1. The Morgan fingerprint density at radius 1 is 1.11 bits per heavy atom. The third-order valence-electron chi connectivity index (χ3n) is 5.39. The molecule has 0 unspecified atom stereocenters. The topological polar surface area (TPSA) is 133 Å². The average Bonchev–Trinajstić information content (AvgIpc) is 3.14. The van der Waals surface area contributed by atoms with Crippen molar-refractivity contribution in [3.63, 3.8) is 0 Å². The number of aryl methyl sites for hydroxylation is 1. The van der Waals surface area contributed by atoms with Crippen LogP contribution in [-0.4, -0.2) is 36.5 Å². The Balaban J connectivity index is 1.60. The fourth-order valence-electron chi connectivity index (χ4n) is 3.48. The van der Waals surface area contributed by atoms with Crippen LogP contribution < -0.4 is 8.92 Å². The summed E-state index contributed by atoms with van der Waals surface area (Å²) < 4.78 is 36.4. The maximum absolute atomic E-state index is 12.9. The van der Waals surface area contributed by atoms with Gasteiger partial charge in [-0.05, 0) is 70.0 Å².